The first-order chi connectivity index (χ1) is 15.8. The third-order valence-corrected chi connectivity index (χ3v) is 6.71. The molecule has 0 fully saturated rings. The number of hydrogen-bond donors (Lipinski definition) is 2. The third kappa shape index (κ3) is 5.79. The Morgan fingerprint density at radius 2 is 1.79 bits per heavy atom. The molecule has 0 saturated carbocycles. The van der Waals surface area contributed by atoms with Crippen LogP contribution < -0.4 is 14.8 Å². The summed E-state index contributed by atoms with van der Waals surface area (Å²) in [5.41, 5.74) is 2.63. The Morgan fingerprint density at radius 1 is 1.06 bits per heavy atom. The van der Waals surface area contributed by atoms with E-state index in [1.807, 2.05) is 26.0 Å². The summed E-state index contributed by atoms with van der Waals surface area (Å²) in [6, 6.07) is 15.0. The molecule has 0 aliphatic rings. The highest BCUT2D eigenvalue weighted by Gasteiger charge is 2.16. The van der Waals surface area contributed by atoms with E-state index < -0.39 is 15.9 Å². The van der Waals surface area contributed by atoms with Crippen LogP contribution in [0.2, 0.25) is 0 Å². The summed E-state index contributed by atoms with van der Waals surface area (Å²) >= 11 is 1.18. The molecule has 0 saturated heterocycles. The number of carbonyl (C=O) groups excluding carboxylic acids is 1. The van der Waals surface area contributed by atoms with Gasteiger partial charge in [0.05, 0.1) is 4.90 Å². The standard InChI is InChI=1S/C23H21N3O5S2/c1-15-11-16(2)13-19(12-15)30-14-18-5-8-21(31-18)22(27)25-17-3-6-20(7-4-17)33(28,29)26-23-24-9-10-32-23/h3-13H,14H2,1-2H3,(H,24,26)(H,25,27). The first-order valence-electron chi connectivity index (χ1n) is 9.92. The third-order valence-electron chi connectivity index (χ3n) is 4.54. The van der Waals surface area contributed by atoms with Crippen molar-refractivity contribution in [1.29, 1.82) is 0 Å². The van der Waals surface area contributed by atoms with Crippen LogP contribution in [0.3, 0.4) is 0 Å². The molecule has 10 heteroatoms. The van der Waals surface area contributed by atoms with Gasteiger partial charge in [-0.25, -0.2) is 13.4 Å². The van der Waals surface area contributed by atoms with Gasteiger partial charge in [0.25, 0.3) is 15.9 Å². The van der Waals surface area contributed by atoms with Crippen LogP contribution >= 0.6 is 11.3 Å². The molecule has 4 rings (SSSR count). The zero-order chi connectivity index (χ0) is 23.4. The van der Waals surface area contributed by atoms with E-state index in [1.165, 1.54) is 41.8 Å². The van der Waals surface area contributed by atoms with E-state index in [0.29, 0.717) is 11.4 Å². The average molecular weight is 484 g/mol. The smallest absolute Gasteiger partial charge is 0.291 e. The fraction of sp³-hybridized carbons (Fsp3) is 0.130. The SMILES string of the molecule is Cc1cc(C)cc(OCc2ccc(C(=O)Nc3ccc(S(=O)(=O)Nc4nccs4)cc3)o2)c1. The summed E-state index contributed by atoms with van der Waals surface area (Å²) in [4.78, 5) is 16.5. The molecule has 2 heterocycles. The number of nitrogens with zero attached hydrogens (tertiary/aromatic N) is 1. The van der Waals surface area contributed by atoms with Gasteiger partial charge in [0.15, 0.2) is 10.9 Å². The van der Waals surface area contributed by atoms with E-state index in [0.717, 1.165) is 16.9 Å². The Balaban J connectivity index is 1.36. The maximum Gasteiger partial charge on any atom is 0.291 e. The molecule has 0 bridgehead atoms. The number of benzene rings is 2. The molecule has 2 aromatic heterocycles. The van der Waals surface area contributed by atoms with Crippen LogP contribution in [-0.2, 0) is 16.6 Å². The average Bonchev–Trinajstić information content (AvgIpc) is 3.44. The van der Waals surface area contributed by atoms with Gasteiger partial charge in [-0.3, -0.25) is 9.52 Å². The largest absolute Gasteiger partial charge is 0.486 e. The van der Waals surface area contributed by atoms with Crippen LogP contribution in [0.4, 0.5) is 10.8 Å². The molecule has 0 aliphatic heterocycles. The van der Waals surface area contributed by atoms with E-state index >= 15 is 0 Å². The normalized spacial score (nSPS) is 11.2. The van der Waals surface area contributed by atoms with Gasteiger partial charge in [0.2, 0.25) is 0 Å². The number of sulfonamides is 1. The van der Waals surface area contributed by atoms with Crippen molar-refractivity contribution in [3.8, 4) is 5.75 Å². The second-order valence-electron chi connectivity index (χ2n) is 7.30. The topological polar surface area (TPSA) is 111 Å². The number of ether oxygens (including phenoxy) is 1. The molecule has 0 aliphatic carbocycles. The zero-order valence-corrected chi connectivity index (χ0v) is 19.5. The minimum Gasteiger partial charge on any atom is -0.486 e. The number of rotatable bonds is 8. The molecule has 4 aromatic rings. The van der Waals surface area contributed by atoms with Gasteiger partial charge in [0, 0.05) is 17.3 Å². The molecule has 2 N–H and O–H groups in total. The zero-order valence-electron chi connectivity index (χ0n) is 17.9. The molecule has 170 valence electrons. The van der Waals surface area contributed by atoms with Crippen molar-refractivity contribution in [3.63, 3.8) is 0 Å². The lowest BCUT2D eigenvalue weighted by atomic mass is 10.1. The minimum atomic E-state index is -3.76. The Morgan fingerprint density at radius 3 is 2.45 bits per heavy atom. The van der Waals surface area contributed by atoms with Crippen molar-refractivity contribution in [1.82, 2.24) is 4.98 Å². The predicted molar refractivity (Wildman–Crippen MR) is 126 cm³/mol. The quantitative estimate of drug-likeness (QED) is 0.365. The Labute approximate surface area is 195 Å². The summed E-state index contributed by atoms with van der Waals surface area (Å²) in [6.07, 6.45) is 1.51. The van der Waals surface area contributed by atoms with E-state index in [2.05, 4.69) is 21.1 Å². The summed E-state index contributed by atoms with van der Waals surface area (Å²) in [7, 11) is -3.76. The highest BCUT2D eigenvalue weighted by molar-refractivity contribution is 7.93. The first kappa shape index (κ1) is 22.6. The lowest BCUT2D eigenvalue weighted by molar-refractivity contribution is 0.0992. The molecule has 2 aromatic carbocycles. The van der Waals surface area contributed by atoms with Gasteiger partial charge < -0.3 is 14.5 Å². The van der Waals surface area contributed by atoms with Gasteiger partial charge in [-0.05, 0) is 73.5 Å². The summed E-state index contributed by atoms with van der Waals surface area (Å²) < 4.78 is 38.5. The number of thiazole rings is 1. The number of nitrogens with one attached hydrogen (secondary N) is 2. The lowest BCUT2D eigenvalue weighted by Gasteiger charge is -2.07. The number of aryl methyl sites for hydroxylation is 2. The van der Waals surface area contributed by atoms with Crippen LogP contribution in [0.1, 0.15) is 27.4 Å². The Bertz CT molecular complexity index is 1340. The van der Waals surface area contributed by atoms with Crippen molar-refractivity contribution >= 4 is 38.1 Å². The van der Waals surface area contributed by atoms with Crippen molar-refractivity contribution in [2.75, 3.05) is 10.0 Å². The van der Waals surface area contributed by atoms with Crippen molar-refractivity contribution in [2.45, 2.75) is 25.3 Å². The molecule has 8 nitrogen and oxygen atoms in total. The fourth-order valence-electron chi connectivity index (χ4n) is 3.11. The fourth-order valence-corrected chi connectivity index (χ4v) is 4.89. The van der Waals surface area contributed by atoms with Crippen LogP contribution in [0.15, 0.2) is 75.5 Å². The van der Waals surface area contributed by atoms with Crippen LogP contribution in [-0.4, -0.2) is 19.3 Å². The Hall–Kier alpha value is -3.63. The van der Waals surface area contributed by atoms with E-state index in [4.69, 9.17) is 9.15 Å². The van der Waals surface area contributed by atoms with Crippen LogP contribution in [0.5, 0.6) is 5.75 Å². The summed E-state index contributed by atoms with van der Waals surface area (Å²) in [5.74, 6) is 0.906. The second kappa shape index (κ2) is 9.47. The van der Waals surface area contributed by atoms with Crippen LogP contribution in [0.25, 0.3) is 0 Å². The molecule has 0 spiro atoms. The minimum absolute atomic E-state index is 0.0551. The van der Waals surface area contributed by atoms with E-state index in [9.17, 15) is 13.2 Å². The Kier molecular flexibility index (Phi) is 6.47. The first-order valence-corrected chi connectivity index (χ1v) is 12.3. The molecule has 0 atom stereocenters. The van der Waals surface area contributed by atoms with E-state index in [1.54, 1.807) is 17.5 Å². The van der Waals surface area contributed by atoms with Gasteiger partial charge in [-0.1, -0.05) is 6.07 Å². The van der Waals surface area contributed by atoms with Gasteiger partial charge in [-0.15, -0.1) is 11.3 Å². The molecular formula is C23H21N3O5S2. The van der Waals surface area contributed by atoms with Gasteiger partial charge >= 0.3 is 0 Å². The van der Waals surface area contributed by atoms with Crippen LogP contribution in [0, 0.1) is 13.8 Å². The van der Waals surface area contributed by atoms with Crippen molar-refractivity contribution in [2.24, 2.45) is 0 Å². The molecular weight excluding hydrogens is 462 g/mol. The van der Waals surface area contributed by atoms with Crippen molar-refractivity contribution in [3.05, 3.63) is 88.8 Å². The monoisotopic (exact) mass is 483 g/mol. The highest BCUT2D eigenvalue weighted by atomic mass is 32.2. The molecule has 0 radical (unpaired) electrons. The number of anilines is 2. The number of aromatic nitrogens is 1. The maximum absolute atomic E-state index is 12.5. The molecule has 1 amide bonds. The molecule has 0 unspecified atom stereocenters. The van der Waals surface area contributed by atoms with Gasteiger partial charge in [-0.2, -0.15) is 0 Å². The maximum atomic E-state index is 12.5. The lowest BCUT2D eigenvalue weighted by Crippen LogP contribution is -2.13. The van der Waals surface area contributed by atoms with Crippen molar-refractivity contribution < 1.29 is 22.4 Å². The number of furan rings is 1. The molecule has 33 heavy (non-hydrogen) atoms. The second-order valence-corrected chi connectivity index (χ2v) is 9.88. The number of hydrogen-bond acceptors (Lipinski definition) is 7. The predicted octanol–water partition coefficient (Wildman–Crippen LogP) is 4.99. The summed E-state index contributed by atoms with van der Waals surface area (Å²) in [6.45, 7) is 4.18. The summed E-state index contributed by atoms with van der Waals surface area (Å²) in [5, 5.41) is 4.64. The number of amides is 1. The van der Waals surface area contributed by atoms with Gasteiger partial charge in [0.1, 0.15) is 18.1 Å². The van der Waals surface area contributed by atoms with E-state index in [-0.39, 0.29) is 22.4 Å². The highest BCUT2D eigenvalue weighted by Crippen LogP contribution is 2.21. The number of carbonyl (C=O) groups is 1.